The molecule has 0 atom stereocenters. The Labute approximate surface area is 169 Å². The molecule has 0 bridgehead atoms. The Bertz CT molecular complexity index is 1210. The average molecular weight is 385 g/mol. The smallest absolute Gasteiger partial charge is 0.164 e. The van der Waals surface area contributed by atoms with Crippen molar-refractivity contribution < 1.29 is 9.47 Å². The van der Waals surface area contributed by atoms with Crippen molar-refractivity contribution in [2.75, 3.05) is 14.2 Å². The Hall–Kier alpha value is -3.34. The van der Waals surface area contributed by atoms with Gasteiger partial charge in [-0.3, -0.25) is 0 Å². The van der Waals surface area contributed by atoms with Crippen LogP contribution in [-0.2, 0) is 12.8 Å². The van der Waals surface area contributed by atoms with Gasteiger partial charge in [-0.15, -0.1) is 0 Å². The zero-order chi connectivity index (χ0) is 20.0. The number of hydrogen-bond acceptors (Lipinski definition) is 4. The maximum Gasteiger partial charge on any atom is 0.164 e. The van der Waals surface area contributed by atoms with Crippen LogP contribution in [0.5, 0.6) is 11.5 Å². The van der Waals surface area contributed by atoms with Gasteiger partial charge in [0.1, 0.15) is 0 Å². The van der Waals surface area contributed by atoms with E-state index < -0.39 is 0 Å². The zero-order valence-electron chi connectivity index (χ0n) is 16.9. The van der Waals surface area contributed by atoms with Crippen LogP contribution in [0.15, 0.2) is 48.5 Å². The van der Waals surface area contributed by atoms with Crippen molar-refractivity contribution in [3.05, 3.63) is 65.5 Å². The SMILES string of the molecule is COc1ccc(-c2c3c(nc4c2c(C)nn4-c2ccccc2)CCC3)cc1OC. The molecule has 0 saturated carbocycles. The van der Waals surface area contributed by atoms with Gasteiger partial charge in [0.25, 0.3) is 0 Å². The van der Waals surface area contributed by atoms with Crippen LogP contribution in [-0.4, -0.2) is 29.0 Å². The van der Waals surface area contributed by atoms with E-state index in [-0.39, 0.29) is 0 Å². The van der Waals surface area contributed by atoms with Crippen LogP contribution in [0.1, 0.15) is 23.4 Å². The van der Waals surface area contributed by atoms with Gasteiger partial charge in [0, 0.05) is 5.69 Å². The molecule has 0 aliphatic heterocycles. The summed E-state index contributed by atoms with van der Waals surface area (Å²) in [6.45, 7) is 2.06. The number of rotatable bonds is 4. The third-order valence-electron chi connectivity index (χ3n) is 5.69. The minimum Gasteiger partial charge on any atom is -0.493 e. The van der Waals surface area contributed by atoms with E-state index in [1.165, 1.54) is 16.8 Å². The van der Waals surface area contributed by atoms with E-state index in [1.54, 1.807) is 14.2 Å². The average Bonchev–Trinajstić information content (AvgIpc) is 3.37. The standard InChI is InChI=1S/C24H23N3O2/c1-15-22-23(16-12-13-20(28-2)21(14-16)29-3)18-10-7-11-19(18)25-24(22)27(26-15)17-8-5-4-6-9-17/h4-6,8-9,12-14H,7,10-11H2,1-3H3. The van der Waals surface area contributed by atoms with Crippen molar-refractivity contribution in [2.24, 2.45) is 0 Å². The molecule has 0 spiro atoms. The highest BCUT2D eigenvalue weighted by Gasteiger charge is 2.25. The molecule has 29 heavy (non-hydrogen) atoms. The summed E-state index contributed by atoms with van der Waals surface area (Å²) in [5, 5.41) is 5.97. The van der Waals surface area contributed by atoms with E-state index in [1.807, 2.05) is 28.9 Å². The molecular weight excluding hydrogens is 362 g/mol. The summed E-state index contributed by atoms with van der Waals surface area (Å²) in [6, 6.07) is 16.3. The van der Waals surface area contributed by atoms with Crippen molar-refractivity contribution in [1.82, 2.24) is 14.8 Å². The molecule has 2 heterocycles. The predicted octanol–water partition coefficient (Wildman–Crippen LogP) is 4.90. The minimum atomic E-state index is 0.731. The zero-order valence-corrected chi connectivity index (χ0v) is 16.9. The van der Waals surface area contributed by atoms with Crippen LogP contribution in [0, 0.1) is 6.92 Å². The molecule has 0 radical (unpaired) electrons. The second kappa shape index (κ2) is 6.92. The largest absolute Gasteiger partial charge is 0.493 e. The van der Waals surface area contributed by atoms with E-state index >= 15 is 0 Å². The highest BCUT2D eigenvalue weighted by Crippen LogP contribution is 2.41. The Morgan fingerprint density at radius 3 is 2.48 bits per heavy atom. The molecule has 5 heteroatoms. The quantitative estimate of drug-likeness (QED) is 0.501. The summed E-state index contributed by atoms with van der Waals surface area (Å²) >= 11 is 0. The molecule has 146 valence electrons. The highest BCUT2D eigenvalue weighted by atomic mass is 16.5. The lowest BCUT2D eigenvalue weighted by Gasteiger charge is -2.14. The first-order valence-electron chi connectivity index (χ1n) is 9.90. The van der Waals surface area contributed by atoms with Crippen LogP contribution in [0.3, 0.4) is 0 Å². The Morgan fingerprint density at radius 2 is 1.72 bits per heavy atom. The molecule has 0 fully saturated rings. The Morgan fingerprint density at radius 1 is 0.931 bits per heavy atom. The van der Waals surface area contributed by atoms with Crippen molar-refractivity contribution in [2.45, 2.75) is 26.2 Å². The molecule has 0 saturated heterocycles. The number of nitrogens with zero attached hydrogens (tertiary/aromatic N) is 3. The number of fused-ring (bicyclic) bond motifs is 2. The van der Waals surface area contributed by atoms with E-state index in [4.69, 9.17) is 19.6 Å². The van der Waals surface area contributed by atoms with Crippen molar-refractivity contribution >= 4 is 11.0 Å². The van der Waals surface area contributed by atoms with Gasteiger partial charge < -0.3 is 9.47 Å². The van der Waals surface area contributed by atoms with Gasteiger partial charge in [-0.2, -0.15) is 5.10 Å². The number of aromatic nitrogens is 3. The molecule has 1 aliphatic carbocycles. The second-order valence-electron chi connectivity index (χ2n) is 7.37. The van der Waals surface area contributed by atoms with Gasteiger partial charge in [0.2, 0.25) is 0 Å². The van der Waals surface area contributed by atoms with Gasteiger partial charge in [-0.25, -0.2) is 9.67 Å². The van der Waals surface area contributed by atoms with Crippen molar-refractivity contribution in [3.8, 4) is 28.3 Å². The van der Waals surface area contributed by atoms with Gasteiger partial charge in [0.05, 0.1) is 31.0 Å². The van der Waals surface area contributed by atoms with E-state index in [2.05, 4.69) is 31.2 Å². The van der Waals surface area contributed by atoms with Crippen LogP contribution in [0.2, 0.25) is 0 Å². The minimum absolute atomic E-state index is 0.731. The maximum atomic E-state index is 5.57. The monoisotopic (exact) mass is 385 g/mol. The molecule has 4 aromatic rings. The van der Waals surface area contributed by atoms with Gasteiger partial charge in [-0.05, 0) is 67.1 Å². The number of benzene rings is 2. The van der Waals surface area contributed by atoms with Crippen LogP contribution in [0.4, 0.5) is 0 Å². The van der Waals surface area contributed by atoms with Crippen LogP contribution in [0.25, 0.3) is 27.8 Å². The number of para-hydroxylation sites is 1. The lowest BCUT2D eigenvalue weighted by atomic mass is 9.95. The molecule has 1 aliphatic rings. The summed E-state index contributed by atoms with van der Waals surface area (Å²) in [5.41, 5.74) is 7.77. The molecule has 2 aromatic heterocycles. The highest BCUT2D eigenvalue weighted by molar-refractivity contribution is 5.98. The number of ether oxygens (including phenoxy) is 2. The molecule has 5 rings (SSSR count). The lowest BCUT2D eigenvalue weighted by Crippen LogP contribution is -2.01. The number of methoxy groups -OCH3 is 2. The third kappa shape index (κ3) is 2.77. The molecular formula is C24H23N3O2. The second-order valence-corrected chi connectivity index (χ2v) is 7.37. The fourth-order valence-electron chi connectivity index (χ4n) is 4.37. The third-order valence-corrected chi connectivity index (χ3v) is 5.69. The number of pyridine rings is 1. The van der Waals surface area contributed by atoms with Crippen molar-refractivity contribution in [1.29, 1.82) is 0 Å². The Balaban J connectivity index is 1.83. The van der Waals surface area contributed by atoms with Crippen molar-refractivity contribution in [3.63, 3.8) is 0 Å². The van der Waals surface area contributed by atoms with E-state index in [0.29, 0.717) is 0 Å². The predicted molar refractivity (Wildman–Crippen MR) is 114 cm³/mol. The maximum absolute atomic E-state index is 5.57. The molecule has 0 amide bonds. The summed E-state index contributed by atoms with van der Waals surface area (Å²) in [6.07, 6.45) is 3.18. The normalized spacial score (nSPS) is 12.9. The molecule has 0 unspecified atom stereocenters. The first-order valence-corrected chi connectivity index (χ1v) is 9.90. The molecule has 0 N–H and O–H groups in total. The van der Waals surface area contributed by atoms with E-state index in [9.17, 15) is 0 Å². The summed E-state index contributed by atoms with van der Waals surface area (Å²) in [5.74, 6) is 1.46. The van der Waals surface area contributed by atoms with E-state index in [0.717, 1.165) is 58.7 Å². The molecule has 5 nitrogen and oxygen atoms in total. The fourth-order valence-corrected chi connectivity index (χ4v) is 4.37. The summed E-state index contributed by atoms with van der Waals surface area (Å²) < 4.78 is 13.0. The number of hydrogen-bond donors (Lipinski definition) is 0. The van der Waals surface area contributed by atoms with Gasteiger partial charge in [0.15, 0.2) is 17.1 Å². The topological polar surface area (TPSA) is 49.2 Å². The first-order chi connectivity index (χ1) is 14.2. The van der Waals surface area contributed by atoms with Gasteiger partial charge in [-0.1, -0.05) is 24.3 Å². The number of aryl methyl sites for hydroxylation is 2. The molecule has 2 aromatic carbocycles. The summed E-state index contributed by atoms with van der Waals surface area (Å²) in [7, 11) is 3.33. The lowest BCUT2D eigenvalue weighted by molar-refractivity contribution is 0.355. The van der Waals surface area contributed by atoms with Crippen LogP contribution < -0.4 is 9.47 Å². The fraction of sp³-hybridized carbons (Fsp3) is 0.250. The van der Waals surface area contributed by atoms with Gasteiger partial charge >= 0.3 is 0 Å². The Kier molecular flexibility index (Phi) is 4.23. The summed E-state index contributed by atoms with van der Waals surface area (Å²) in [4.78, 5) is 5.06. The van der Waals surface area contributed by atoms with Crippen LogP contribution >= 0.6 is 0 Å². The first kappa shape index (κ1) is 17.7.